The van der Waals surface area contributed by atoms with E-state index in [2.05, 4.69) is 13.8 Å². The third kappa shape index (κ3) is 1.47. The van der Waals surface area contributed by atoms with Gasteiger partial charge in [0.05, 0.1) is 6.61 Å². The van der Waals surface area contributed by atoms with Crippen LogP contribution < -0.4 is 0 Å². The quantitative estimate of drug-likeness (QED) is 0.689. The number of carbonyl (C=O) groups excluding carboxylic acids is 1. The molecule has 4 bridgehead atoms. The van der Waals surface area contributed by atoms with Crippen molar-refractivity contribution < 1.29 is 19.0 Å². The molecule has 0 aromatic heterocycles. The van der Waals surface area contributed by atoms with Crippen LogP contribution >= 0.6 is 0 Å². The Bertz CT molecular complexity index is 342. The normalized spacial score (nSPS) is 51.6. The molecule has 17 heavy (non-hydrogen) atoms. The maximum Gasteiger partial charge on any atom is 0.305 e. The lowest BCUT2D eigenvalue weighted by Gasteiger charge is -2.51. The van der Waals surface area contributed by atoms with Gasteiger partial charge in [-0.25, -0.2) is 0 Å². The molecule has 1 aliphatic carbocycles. The van der Waals surface area contributed by atoms with Crippen molar-refractivity contribution in [3.8, 4) is 0 Å². The summed E-state index contributed by atoms with van der Waals surface area (Å²) in [6, 6.07) is 0. The second kappa shape index (κ2) is 3.69. The van der Waals surface area contributed by atoms with Crippen molar-refractivity contribution in [2.45, 2.75) is 51.6 Å². The SMILES string of the molecule is CCC(=O)O[C@@H]1CC2C(C)C3OCC2C1(C)O3. The van der Waals surface area contributed by atoms with Crippen molar-refractivity contribution in [3.63, 3.8) is 0 Å². The molecule has 3 saturated heterocycles. The van der Waals surface area contributed by atoms with Crippen LogP contribution in [0, 0.1) is 17.8 Å². The molecule has 5 unspecified atom stereocenters. The summed E-state index contributed by atoms with van der Waals surface area (Å²) in [5.41, 5.74) is -0.328. The minimum absolute atomic E-state index is 0.0960. The highest BCUT2D eigenvalue weighted by Gasteiger charge is 2.64. The molecule has 4 fully saturated rings. The van der Waals surface area contributed by atoms with Gasteiger partial charge in [-0.15, -0.1) is 0 Å². The molecule has 96 valence electrons. The average molecular weight is 240 g/mol. The van der Waals surface area contributed by atoms with Crippen LogP contribution in [-0.4, -0.2) is 30.6 Å². The Morgan fingerprint density at radius 3 is 2.94 bits per heavy atom. The summed E-state index contributed by atoms with van der Waals surface area (Å²) in [4.78, 5) is 11.5. The highest BCUT2D eigenvalue weighted by molar-refractivity contribution is 5.69. The third-order valence-electron chi connectivity index (χ3n) is 4.86. The summed E-state index contributed by atoms with van der Waals surface area (Å²) >= 11 is 0. The summed E-state index contributed by atoms with van der Waals surface area (Å²) in [7, 11) is 0. The summed E-state index contributed by atoms with van der Waals surface area (Å²) in [5, 5.41) is 0. The molecule has 0 N–H and O–H groups in total. The maximum atomic E-state index is 11.5. The Morgan fingerprint density at radius 2 is 2.29 bits per heavy atom. The van der Waals surface area contributed by atoms with Gasteiger partial charge in [-0.2, -0.15) is 0 Å². The highest BCUT2D eigenvalue weighted by atomic mass is 16.7. The van der Waals surface area contributed by atoms with Gasteiger partial charge in [0.25, 0.3) is 0 Å². The lowest BCUT2D eigenvalue weighted by molar-refractivity contribution is -0.338. The van der Waals surface area contributed by atoms with Crippen molar-refractivity contribution in [3.05, 3.63) is 0 Å². The van der Waals surface area contributed by atoms with Crippen LogP contribution in [0.3, 0.4) is 0 Å². The fourth-order valence-electron chi connectivity index (χ4n) is 3.69. The van der Waals surface area contributed by atoms with E-state index in [0.29, 0.717) is 24.2 Å². The smallest absolute Gasteiger partial charge is 0.305 e. The largest absolute Gasteiger partial charge is 0.459 e. The number of fused-ring (bicyclic) bond motifs is 1. The van der Waals surface area contributed by atoms with Crippen LogP contribution in [0.1, 0.15) is 33.6 Å². The van der Waals surface area contributed by atoms with Crippen LogP contribution in [0.4, 0.5) is 0 Å². The first-order valence-corrected chi connectivity index (χ1v) is 6.55. The summed E-state index contributed by atoms with van der Waals surface area (Å²) in [6.45, 7) is 6.82. The lowest BCUT2D eigenvalue weighted by atomic mass is 9.76. The average Bonchev–Trinajstić information content (AvgIpc) is 2.56. The van der Waals surface area contributed by atoms with Crippen LogP contribution in [0.5, 0.6) is 0 Å². The fourth-order valence-corrected chi connectivity index (χ4v) is 3.69. The first kappa shape index (κ1) is 11.5. The molecule has 0 amide bonds. The number of ether oxygens (including phenoxy) is 3. The van der Waals surface area contributed by atoms with Crippen molar-refractivity contribution in [1.29, 1.82) is 0 Å². The standard InChI is InChI=1S/C13H20O4/c1-4-11(14)16-10-5-8-7(2)12-15-6-9(8)13(10,3)17-12/h7-10,12H,4-6H2,1-3H3/t7?,8?,9?,10-,12?,13?/m1/s1. The fraction of sp³-hybridized carbons (Fsp3) is 0.923. The number of hydrogen-bond donors (Lipinski definition) is 0. The zero-order valence-corrected chi connectivity index (χ0v) is 10.6. The number of hydrogen-bond acceptors (Lipinski definition) is 4. The van der Waals surface area contributed by atoms with Gasteiger partial charge in [0.2, 0.25) is 0 Å². The van der Waals surface area contributed by atoms with Gasteiger partial charge >= 0.3 is 5.97 Å². The molecular formula is C13H20O4. The molecule has 3 aliphatic heterocycles. The van der Waals surface area contributed by atoms with Gasteiger partial charge in [-0.05, 0) is 19.3 Å². The van der Waals surface area contributed by atoms with Crippen LogP contribution in [0.2, 0.25) is 0 Å². The van der Waals surface area contributed by atoms with E-state index < -0.39 is 0 Å². The summed E-state index contributed by atoms with van der Waals surface area (Å²) in [6.07, 6.45) is 1.15. The first-order valence-electron chi connectivity index (χ1n) is 6.55. The Labute approximate surface area is 102 Å². The Hall–Kier alpha value is -0.610. The molecule has 4 aliphatic rings. The zero-order chi connectivity index (χ0) is 12.2. The topological polar surface area (TPSA) is 44.8 Å². The van der Waals surface area contributed by atoms with E-state index >= 15 is 0 Å². The molecule has 3 heterocycles. The molecule has 4 nitrogen and oxygen atoms in total. The number of rotatable bonds is 2. The van der Waals surface area contributed by atoms with Gasteiger partial charge in [0.1, 0.15) is 11.7 Å². The molecular weight excluding hydrogens is 220 g/mol. The third-order valence-corrected chi connectivity index (χ3v) is 4.86. The molecule has 0 aromatic carbocycles. The molecule has 1 saturated carbocycles. The van der Waals surface area contributed by atoms with E-state index in [1.54, 1.807) is 0 Å². The molecule has 0 spiro atoms. The monoisotopic (exact) mass is 240 g/mol. The predicted molar refractivity (Wildman–Crippen MR) is 60.2 cm³/mol. The molecule has 6 atom stereocenters. The van der Waals surface area contributed by atoms with Crippen molar-refractivity contribution >= 4 is 5.97 Å². The number of esters is 1. The summed E-state index contributed by atoms with van der Waals surface area (Å²) in [5.74, 6) is 1.23. The van der Waals surface area contributed by atoms with E-state index in [1.165, 1.54) is 0 Å². The minimum Gasteiger partial charge on any atom is -0.459 e. The van der Waals surface area contributed by atoms with Crippen LogP contribution in [0.25, 0.3) is 0 Å². The van der Waals surface area contributed by atoms with Gasteiger partial charge < -0.3 is 14.2 Å². The van der Waals surface area contributed by atoms with Gasteiger partial charge in [-0.1, -0.05) is 13.8 Å². The van der Waals surface area contributed by atoms with Gasteiger partial charge in [-0.3, -0.25) is 4.79 Å². The molecule has 0 radical (unpaired) electrons. The van der Waals surface area contributed by atoms with Crippen molar-refractivity contribution in [2.75, 3.05) is 6.61 Å². The van der Waals surface area contributed by atoms with E-state index in [4.69, 9.17) is 14.2 Å². The van der Waals surface area contributed by atoms with E-state index in [0.717, 1.165) is 13.0 Å². The second-order valence-electron chi connectivity index (χ2n) is 5.70. The second-order valence-corrected chi connectivity index (χ2v) is 5.70. The number of carbonyl (C=O) groups is 1. The van der Waals surface area contributed by atoms with E-state index in [-0.39, 0.29) is 24.0 Å². The first-order chi connectivity index (χ1) is 8.06. The highest BCUT2D eigenvalue weighted by Crippen LogP contribution is 2.56. The van der Waals surface area contributed by atoms with E-state index in [1.807, 2.05) is 6.92 Å². The lowest BCUT2D eigenvalue weighted by Crippen LogP contribution is -2.59. The summed E-state index contributed by atoms with van der Waals surface area (Å²) < 4.78 is 17.2. The van der Waals surface area contributed by atoms with Crippen molar-refractivity contribution in [1.82, 2.24) is 0 Å². The van der Waals surface area contributed by atoms with Gasteiger partial charge in [0.15, 0.2) is 6.29 Å². The Kier molecular flexibility index (Phi) is 2.49. The Balaban J connectivity index is 1.84. The Morgan fingerprint density at radius 1 is 1.53 bits per heavy atom. The molecule has 0 aromatic rings. The van der Waals surface area contributed by atoms with Crippen molar-refractivity contribution in [2.24, 2.45) is 17.8 Å². The predicted octanol–water partition coefficient (Wildman–Crippen LogP) is 1.73. The molecule has 4 heteroatoms. The zero-order valence-electron chi connectivity index (χ0n) is 10.6. The minimum atomic E-state index is -0.328. The molecule has 4 rings (SSSR count). The maximum absolute atomic E-state index is 11.5. The van der Waals surface area contributed by atoms with Crippen LogP contribution in [-0.2, 0) is 19.0 Å². The van der Waals surface area contributed by atoms with Gasteiger partial charge in [0, 0.05) is 18.3 Å². The van der Waals surface area contributed by atoms with E-state index in [9.17, 15) is 4.79 Å². The van der Waals surface area contributed by atoms with Crippen LogP contribution in [0.15, 0.2) is 0 Å².